The summed E-state index contributed by atoms with van der Waals surface area (Å²) < 4.78 is 1.24. The molecule has 17 heavy (non-hydrogen) atoms. The van der Waals surface area contributed by atoms with Crippen molar-refractivity contribution in [2.45, 2.75) is 13.8 Å². The molecule has 0 atom stereocenters. The predicted molar refractivity (Wildman–Crippen MR) is 72.3 cm³/mol. The van der Waals surface area contributed by atoms with Gasteiger partial charge in [-0.3, -0.25) is 4.98 Å². The lowest BCUT2D eigenvalue weighted by Gasteiger charge is -2.01. The van der Waals surface area contributed by atoms with E-state index in [4.69, 9.17) is 0 Å². The van der Waals surface area contributed by atoms with E-state index in [2.05, 4.69) is 41.2 Å². The first-order valence-electron chi connectivity index (χ1n) is 5.52. The van der Waals surface area contributed by atoms with Gasteiger partial charge in [-0.15, -0.1) is 11.3 Å². The first-order valence-corrected chi connectivity index (χ1v) is 6.34. The van der Waals surface area contributed by atoms with Gasteiger partial charge >= 0.3 is 0 Å². The normalized spacial score (nSPS) is 10.9. The van der Waals surface area contributed by atoms with Crippen molar-refractivity contribution in [1.29, 1.82) is 0 Å². The molecular formula is C14H12N2S. The van der Waals surface area contributed by atoms with E-state index >= 15 is 0 Å². The summed E-state index contributed by atoms with van der Waals surface area (Å²) in [5.74, 6) is 0. The van der Waals surface area contributed by atoms with Crippen molar-refractivity contribution >= 4 is 21.6 Å². The molecule has 3 aromatic rings. The average Bonchev–Trinajstić information content (AvgIpc) is 2.68. The van der Waals surface area contributed by atoms with Crippen LogP contribution in [0.2, 0.25) is 0 Å². The molecule has 3 rings (SSSR count). The molecule has 0 N–H and O–H groups in total. The number of nitrogens with zero attached hydrogens (tertiary/aromatic N) is 2. The Hall–Kier alpha value is -1.74. The van der Waals surface area contributed by atoms with Crippen molar-refractivity contribution in [3.8, 4) is 11.3 Å². The van der Waals surface area contributed by atoms with Crippen LogP contribution in [-0.4, -0.2) is 9.97 Å². The molecule has 2 nitrogen and oxygen atoms in total. The summed E-state index contributed by atoms with van der Waals surface area (Å²) in [5, 5.41) is 1.11. The zero-order valence-corrected chi connectivity index (χ0v) is 10.6. The van der Waals surface area contributed by atoms with E-state index in [-0.39, 0.29) is 0 Å². The minimum atomic E-state index is 1.01. The van der Waals surface area contributed by atoms with Crippen LogP contribution in [0.25, 0.3) is 21.5 Å². The molecule has 0 aliphatic rings. The highest BCUT2D eigenvalue weighted by molar-refractivity contribution is 7.18. The molecule has 0 amide bonds. The summed E-state index contributed by atoms with van der Waals surface area (Å²) in [6.07, 6.45) is 1.85. The van der Waals surface area contributed by atoms with E-state index in [0.717, 1.165) is 21.8 Å². The summed E-state index contributed by atoms with van der Waals surface area (Å²) in [4.78, 5) is 8.91. The molecular weight excluding hydrogens is 228 g/mol. The maximum atomic E-state index is 4.51. The zero-order chi connectivity index (χ0) is 11.8. The molecule has 0 spiro atoms. The maximum absolute atomic E-state index is 4.51. The van der Waals surface area contributed by atoms with Gasteiger partial charge in [0.1, 0.15) is 0 Å². The standard InChI is InChI=1S/C14H12N2S/c1-9-5-6-15-12(7-9)11-3-4-14-13(8-11)16-10(2)17-14/h3-8H,1-2H3. The van der Waals surface area contributed by atoms with Gasteiger partial charge in [0.25, 0.3) is 0 Å². The van der Waals surface area contributed by atoms with E-state index in [1.165, 1.54) is 10.3 Å². The van der Waals surface area contributed by atoms with Crippen LogP contribution in [0.5, 0.6) is 0 Å². The van der Waals surface area contributed by atoms with Crippen LogP contribution in [0.4, 0.5) is 0 Å². The van der Waals surface area contributed by atoms with Crippen LogP contribution >= 0.6 is 11.3 Å². The Kier molecular flexibility index (Phi) is 2.41. The molecule has 0 radical (unpaired) electrons. The van der Waals surface area contributed by atoms with Gasteiger partial charge in [0.2, 0.25) is 0 Å². The fourth-order valence-electron chi connectivity index (χ4n) is 1.90. The molecule has 3 heteroatoms. The molecule has 84 valence electrons. The minimum Gasteiger partial charge on any atom is -0.256 e. The summed E-state index contributed by atoms with van der Waals surface area (Å²) >= 11 is 1.73. The fraction of sp³-hybridized carbons (Fsp3) is 0.143. The Labute approximate surface area is 104 Å². The van der Waals surface area contributed by atoms with Crippen molar-refractivity contribution in [3.63, 3.8) is 0 Å². The number of rotatable bonds is 1. The zero-order valence-electron chi connectivity index (χ0n) is 9.77. The van der Waals surface area contributed by atoms with Crippen LogP contribution in [0.3, 0.4) is 0 Å². The van der Waals surface area contributed by atoms with Crippen LogP contribution < -0.4 is 0 Å². The summed E-state index contributed by atoms with van der Waals surface area (Å²) in [5.41, 5.74) is 4.43. The molecule has 0 unspecified atom stereocenters. The molecule has 0 saturated heterocycles. The first-order chi connectivity index (χ1) is 8.22. The number of benzene rings is 1. The molecule has 0 bridgehead atoms. The first kappa shape index (κ1) is 10.4. The number of fused-ring (bicyclic) bond motifs is 1. The second kappa shape index (κ2) is 3.93. The lowest BCUT2D eigenvalue weighted by molar-refractivity contribution is 1.28. The van der Waals surface area contributed by atoms with Gasteiger partial charge in [-0.2, -0.15) is 0 Å². The Morgan fingerprint density at radius 2 is 1.94 bits per heavy atom. The van der Waals surface area contributed by atoms with Crippen molar-refractivity contribution in [3.05, 3.63) is 47.1 Å². The molecule has 0 saturated carbocycles. The molecule has 2 aromatic heterocycles. The Balaban J connectivity index is 2.17. The quantitative estimate of drug-likeness (QED) is 0.643. The Bertz CT molecular complexity index is 686. The van der Waals surface area contributed by atoms with E-state index in [9.17, 15) is 0 Å². The third-order valence-corrected chi connectivity index (χ3v) is 3.66. The Morgan fingerprint density at radius 3 is 2.76 bits per heavy atom. The largest absolute Gasteiger partial charge is 0.256 e. The highest BCUT2D eigenvalue weighted by atomic mass is 32.1. The molecule has 0 aliphatic carbocycles. The summed E-state index contributed by atoms with van der Waals surface area (Å²) in [7, 11) is 0. The van der Waals surface area contributed by atoms with Gasteiger partial charge in [0, 0.05) is 11.8 Å². The van der Waals surface area contributed by atoms with E-state index in [1.807, 2.05) is 19.2 Å². The van der Waals surface area contributed by atoms with Gasteiger partial charge in [0.15, 0.2) is 0 Å². The van der Waals surface area contributed by atoms with E-state index in [0.29, 0.717) is 0 Å². The van der Waals surface area contributed by atoms with Gasteiger partial charge in [-0.05, 0) is 43.7 Å². The average molecular weight is 240 g/mol. The highest BCUT2D eigenvalue weighted by Crippen LogP contribution is 2.26. The number of aromatic nitrogens is 2. The van der Waals surface area contributed by atoms with Crippen molar-refractivity contribution in [2.75, 3.05) is 0 Å². The predicted octanol–water partition coefficient (Wildman–Crippen LogP) is 3.98. The van der Waals surface area contributed by atoms with Gasteiger partial charge in [-0.1, -0.05) is 6.07 Å². The Morgan fingerprint density at radius 1 is 1.06 bits per heavy atom. The van der Waals surface area contributed by atoms with Crippen LogP contribution in [-0.2, 0) is 0 Å². The van der Waals surface area contributed by atoms with Gasteiger partial charge in [0.05, 0.1) is 20.9 Å². The van der Waals surface area contributed by atoms with E-state index in [1.54, 1.807) is 11.3 Å². The SMILES string of the molecule is Cc1ccnc(-c2ccc3sc(C)nc3c2)c1. The number of hydrogen-bond donors (Lipinski definition) is 0. The lowest BCUT2D eigenvalue weighted by Crippen LogP contribution is -1.84. The lowest BCUT2D eigenvalue weighted by atomic mass is 10.1. The molecule has 2 heterocycles. The van der Waals surface area contributed by atoms with Crippen LogP contribution in [0, 0.1) is 13.8 Å². The van der Waals surface area contributed by atoms with E-state index < -0.39 is 0 Å². The second-order valence-electron chi connectivity index (χ2n) is 4.13. The molecule has 0 aliphatic heterocycles. The van der Waals surface area contributed by atoms with Gasteiger partial charge in [-0.25, -0.2) is 4.98 Å². The third-order valence-electron chi connectivity index (χ3n) is 2.71. The number of pyridine rings is 1. The van der Waals surface area contributed by atoms with Crippen molar-refractivity contribution in [1.82, 2.24) is 9.97 Å². The number of hydrogen-bond acceptors (Lipinski definition) is 3. The highest BCUT2D eigenvalue weighted by Gasteiger charge is 2.04. The molecule has 0 fully saturated rings. The molecule has 1 aromatic carbocycles. The monoisotopic (exact) mass is 240 g/mol. The fourth-order valence-corrected chi connectivity index (χ4v) is 2.70. The number of thiazole rings is 1. The van der Waals surface area contributed by atoms with Crippen LogP contribution in [0.1, 0.15) is 10.6 Å². The minimum absolute atomic E-state index is 1.01. The summed E-state index contributed by atoms with van der Waals surface area (Å²) in [6.45, 7) is 4.12. The smallest absolute Gasteiger partial charge is 0.0907 e. The van der Waals surface area contributed by atoms with Crippen molar-refractivity contribution < 1.29 is 0 Å². The van der Waals surface area contributed by atoms with Crippen molar-refractivity contribution in [2.24, 2.45) is 0 Å². The van der Waals surface area contributed by atoms with Gasteiger partial charge < -0.3 is 0 Å². The topological polar surface area (TPSA) is 25.8 Å². The second-order valence-corrected chi connectivity index (χ2v) is 5.37. The third kappa shape index (κ3) is 1.94. The maximum Gasteiger partial charge on any atom is 0.0907 e. The number of aryl methyl sites for hydroxylation is 2. The van der Waals surface area contributed by atoms with Crippen LogP contribution in [0.15, 0.2) is 36.5 Å². The summed E-state index contributed by atoms with van der Waals surface area (Å²) in [6, 6.07) is 10.5.